The molecule has 114 valence electrons. The Bertz CT molecular complexity index is 393. The van der Waals surface area contributed by atoms with E-state index < -0.39 is 6.10 Å². The number of aryl methyl sites for hydroxylation is 2. The van der Waals surface area contributed by atoms with Crippen LogP contribution in [0, 0.1) is 13.8 Å². The zero-order valence-electron chi connectivity index (χ0n) is 13.4. The molecule has 0 radical (unpaired) electrons. The van der Waals surface area contributed by atoms with E-state index in [4.69, 9.17) is 4.74 Å². The molecule has 1 aromatic carbocycles. The number of hydrogen-bond donors (Lipinski definition) is 1. The predicted molar refractivity (Wildman–Crippen MR) is 84.4 cm³/mol. The van der Waals surface area contributed by atoms with Crippen molar-refractivity contribution in [2.24, 2.45) is 0 Å². The summed E-state index contributed by atoms with van der Waals surface area (Å²) >= 11 is 0. The number of aliphatic hydroxyl groups excluding tert-OH is 1. The van der Waals surface area contributed by atoms with Crippen molar-refractivity contribution in [2.45, 2.75) is 46.6 Å². The molecule has 0 aliphatic rings. The van der Waals surface area contributed by atoms with Crippen molar-refractivity contribution in [3.63, 3.8) is 0 Å². The van der Waals surface area contributed by atoms with E-state index >= 15 is 0 Å². The molecule has 3 nitrogen and oxygen atoms in total. The molecule has 1 unspecified atom stereocenters. The van der Waals surface area contributed by atoms with Crippen LogP contribution in [0.1, 0.15) is 37.8 Å². The molecule has 0 saturated heterocycles. The van der Waals surface area contributed by atoms with Gasteiger partial charge in [0.15, 0.2) is 0 Å². The Hall–Kier alpha value is -1.06. The van der Waals surface area contributed by atoms with Crippen LogP contribution in [0.15, 0.2) is 18.2 Å². The maximum atomic E-state index is 10.1. The van der Waals surface area contributed by atoms with Crippen molar-refractivity contribution in [2.75, 3.05) is 26.2 Å². The van der Waals surface area contributed by atoms with Crippen LogP contribution < -0.4 is 4.74 Å². The molecule has 0 amide bonds. The van der Waals surface area contributed by atoms with Gasteiger partial charge in [0.05, 0.1) is 0 Å². The number of aliphatic hydroxyl groups is 1. The van der Waals surface area contributed by atoms with E-state index in [0.29, 0.717) is 13.2 Å². The summed E-state index contributed by atoms with van der Waals surface area (Å²) in [4.78, 5) is 2.28. The topological polar surface area (TPSA) is 32.7 Å². The quantitative estimate of drug-likeness (QED) is 0.753. The van der Waals surface area contributed by atoms with Crippen LogP contribution in [0.25, 0.3) is 0 Å². The minimum Gasteiger partial charge on any atom is -0.491 e. The van der Waals surface area contributed by atoms with Crippen molar-refractivity contribution in [1.82, 2.24) is 4.90 Å². The summed E-state index contributed by atoms with van der Waals surface area (Å²) in [6.45, 7) is 11.5. The lowest BCUT2D eigenvalue weighted by Gasteiger charge is -2.23. The molecule has 1 atom stereocenters. The van der Waals surface area contributed by atoms with Crippen LogP contribution in [-0.2, 0) is 0 Å². The highest BCUT2D eigenvalue weighted by Crippen LogP contribution is 2.19. The molecule has 0 fully saturated rings. The van der Waals surface area contributed by atoms with Gasteiger partial charge in [-0.25, -0.2) is 0 Å². The van der Waals surface area contributed by atoms with Gasteiger partial charge in [0.1, 0.15) is 18.5 Å². The molecule has 0 aliphatic heterocycles. The van der Waals surface area contributed by atoms with E-state index in [2.05, 4.69) is 30.9 Å². The molecule has 1 N–H and O–H groups in total. The predicted octanol–water partition coefficient (Wildman–Crippen LogP) is 3.17. The lowest BCUT2D eigenvalue weighted by molar-refractivity contribution is 0.0692. The molecule has 0 aliphatic carbocycles. The van der Waals surface area contributed by atoms with Gasteiger partial charge < -0.3 is 14.7 Å². The Balaban J connectivity index is 2.42. The largest absolute Gasteiger partial charge is 0.491 e. The molecule has 0 spiro atoms. The van der Waals surface area contributed by atoms with E-state index in [0.717, 1.165) is 24.4 Å². The number of unbranched alkanes of at least 4 members (excludes halogenated alkanes) is 1. The molecule has 1 aromatic rings. The van der Waals surface area contributed by atoms with Crippen LogP contribution in [0.4, 0.5) is 0 Å². The lowest BCUT2D eigenvalue weighted by Crippen LogP contribution is -2.36. The average molecular weight is 279 g/mol. The van der Waals surface area contributed by atoms with Gasteiger partial charge in [-0.15, -0.1) is 0 Å². The van der Waals surface area contributed by atoms with E-state index in [9.17, 15) is 5.11 Å². The Kier molecular flexibility index (Phi) is 7.63. The van der Waals surface area contributed by atoms with Crippen molar-refractivity contribution < 1.29 is 9.84 Å². The Morgan fingerprint density at radius 1 is 1.25 bits per heavy atom. The number of likely N-dealkylation sites (N-methyl/N-ethyl adjacent to an activating group) is 1. The minimum atomic E-state index is -0.438. The molecule has 0 bridgehead atoms. The fourth-order valence-corrected chi connectivity index (χ4v) is 2.16. The molecule has 3 heteroatoms. The lowest BCUT2D eigenvalue weighted by atomic mass is 10.1. The fraction of sp³-hybridized carbons (Fsp3) is 0.647. The third kappa shape index (κ3) is 5.93. The molecular formula is C17H29NO2. The maximum absolute atomic E-state index is 10.1. The Morgan fingerprint density at radius 3 is 2.65 bits per heavy atom. The molecule has 0 heterocycles. The van der Waals surface area contributed by atoms with Gasteiger partial charge in [-0.3, -0.25) is 0 Å². The summed E-state index contributed by atoms with van der Waals surface area (Å²) in [6, 6.07) is 6.15. The summed E-state index contributed by atoms with van der Waals surface area (Å²) in [6.07, 6.45) is 1.93. The van der Waals surface area contributed by atoms with Gasteiger partial charge in [0.2, 0.25) is 0 Å². The highest BCUT2D eigenvalue weighted by molar-refractivity contribution is 5.35. The summed E-state index contributed by atoms with van der Waals surface area (Å²) < 4.78 is 5.75. The van der Waals surface area contributed by atoms with Gasteiger partial charge in [-0.1, -0.05) is 32.4 Å². The zero-order chi connectivity index (χ0) is 15.0. The SMILES string of the molecule is CCCCN(CC)CC(O)COc1cc(C)ccc1C. The van der Waals surface area contributed by atoms with E-state index in [1.165, 1.54) is 18.4 Å². The summed E-state index contributed by atoms with van der Waals surface area (Å²) in [5, 5.41) is 10.1. The Labute approximate surface area is 123 Å². The van der Waals surface area contributed by atoms with Crippen molar-refractivity contribution in [1.29, 1.82) is 0 Å². The number of nitrogens with zero attached hydrogens (tertiary/aromatic N) is 1. The highest BCUT2D eigenvalue weighted by Gasteiger charge is 2.11. The molecular weight excluding hydrogens is 250 g/mol. The number of hydrogen-bond acceptors (Lipinski definition) is 3. The molecule has 20 heavy (non-hydrogen) atoms. The van der Waals surface area contributed by atoms with Crippen LogP contribution in [0.3, 0.4) is 0 Å². The third-order valence-corrected chi connectivity index (χ3v) is 3.52. The van der Waals surface area contributed by atoms with Crippen molar-refractivity contribution >= 4 is 0 Å². The zero-order valence-corrected chi connectivity index (χ0v) is 13.4. The summed E-state index contributed by atoms with van der Waals surface area (Å²) in [5.74, 6) is 0.876. The first kappa shape index (κ1) is 17.0. The first-order valence-corrected chi connectivity index (χ1v) is 7.67. The van der Waals surface area contributed by atoms with E-state index in [1.54, 1.807) is 0 Å². The first-order chi connectivity index (χ1) is 9.56. The van der Waals surface area contributed by atoms with Gasteiger partial charge in [-0.05, 0) is 50.6 Å². The van der Waals surface area contributed by atoms with Crippen LogP contribution in [0.5, 0.6) is 5.75 Å². The summed E-state index contributed by atoms with van der Waals surface area (Å²) in [7, 11) is 0. The average Bonchev–Trinajstić information content (AvgIpc) is 2.44. The number of ether oxygens (including phenoxy) is 1. The Morgan fingerprint density at radius 2 is 2.00 bits per heavy atom. The van der Waals surface area contributed by atoms with Crippen LogP contribution in [-0.4, -0.2) is 42.4 Å². The van der Waals surface area contributed by atoms with Crippen LogP contribution >= 0.6 is 0 Å². The number of rotatable bonds is 9. The van der Waals surface area contributed by atoms with Crippen molar-refractivity contribution in [3.05, 3.63) is 29.3 Å². The van der Waals surface area contributed by atoms with Gasteiger partial charge >= 0.3 is 0 Å². The third-order valence-electron chi connectivity index (χ3n) is 3.52. The summed E-state index contributed by atoms with van der Waals surface area (Å²) in [5.41, 5.74) is 2.29. The molecule has 0 aromatic heterocycles. The second-order valence-electron chi connectivity index (χ2n) is 5.48. The number of benzene rings is 1. The van der Waals surface area contributed by atoms with Crippen molar-refractivity contribution in [3.8, 4) is 5.75 Å². The molecule has 0 saturated carbocycles. The fourth-order valence-electron chi connectivity index (χ4n) is 2.16. The second-order valence-corrected chi connectivity index (χ2v) is 5.48. The highest BCUT2D eigenvalue weighted by atomic mass is 16.5. The standard InChI is InChI=1S/C17H29NO2/c1-5-7-10-18(6-2)12-16(19)13-20-17-11-14(3)8-9-15(17)4/h8-9,11,16,19H,5-7,10,12-13H2,1-4H3. The van der Waals surface area contributed by atoms with Gasteiger partial charge in [0, 0.05) is 6.54 Å². The monoisotopic (exact) mass is 279 g/mol. The minimum absolute atomic E-state index is 0.354. The van der Waals surface area contributed by atoms with Gasteiger partial charge in [0.25, 0.3) is 0 Å². The van der Waals surface area contributed by atoms with E-state index in [-0.39, 0.29) is 0 Å². The van der Waals surface area contributed by atoms with Gasteiger partial charge in [-0.2, -0.15) is 0 Å². The normalized spacial score (nSPS) is 12.7. The van der Waals surface area contributed by atoms with Crippen LogP contribution in [0.2, 0.25) is 0 Å². The first-order valence-electron chi connectivity index (χ1n) is 7.67. The van der Waals surface area contributed by atoms with E-state index in [1.807, 2.05) is 19.9 Å². The smallest absolute Gasteiger partial charge is 0.122 e. The maximum Gasteiger partial charge on any atom is 0.122 e. The molecule has 1 rings (SSSR count). The second kappa shape index (κ2) is 8.98.